The zero-order valence-electron chi connectivity index (χ0n) is 13.5. The second-order valence-corrected chi connectivity index (χ2v) is 7.24. The maximum Gasteiger partial charge on any atom is 0.151 e. The lowest BCUT2D eigenvalue weighted by molar-refractivity contribution is 0.474. The van der Waals surface area contributed by atoms with E-state index in [1.165, 1.54) is 23.5 Å². The molecule has 0 unspecified atom stereocenters. The van der Waals surface area contributed by atoms with Gasteiger partial charge in [0.15, 0.2) is 10.3 Å². The maximum absolute atomic E-state index is 7.35. The highest BCUT2D eigenvalue weighted by molar-refractivity contribution is 8.93. The lowest BCUT2D eigenvalue weighted by atomic mass is 10.2. The topological polar surface area (TPSA) is 109 Å². The molecule has 0 aliphatic carbocycles. The summed E-state index contributed by atoms with van der Waals surface area (Å²) < 4.78 is 6.05. The number of halogens is 3. The Hall–Kier alpha value is -0.870. The third-order valence-electron chi connectivity index (χ3n) is 2.98. The molecule has 0 amide bonds. The minimum absolute atomic E-state index is 0. The molecule has 2 rings (SSSR count). The van der Waals surface area contributed by atoms with Crippen molar-refractivity contribution in [3.63, 3.8) is 0 Å². The summed E-state index contributed by atoms with van der Waals surface area (Å²) in [5.41, 5.74) is 12.6. The highest BCUT2D eigenvalue weighted by Crippen LogP contribution is 2.33. The van der Waals surface area contributed by atoms with Gasteiger partial charge in [0.05, 0.1) is 0 Å². The van der Waals surface area contributed by atoms with E-state index in [0.717, 1.165) is 11.1 Å². The van der Waals surface area contributed by atoms with Crippen LogP contribution >= 0.6 is 69.1 Å². The molecule has 0 aliphatic heterocycles. The van der Waals surface area contributed by atoms with Gasteiger partial charge in [-0.2, -0.15) is 0 Å². The summed E-state index contributed by atoms with van der Waals surface area (Å²) in [7, 11) is 0. The van der Waals surface area contributed by atoms with Gasteiger partial charge < -0.3 is 16.2 Å². The molecular formula is C16H19Br2ClN4OS2. The largest absolute Gasteiger partial charge is 0.457 e. The summed E-state index contributed by atoms with van der Waals surface area (Å²) in [6, 6.07) is 13.0. The molecule has 26 heavy (non-hydrogen) atoms. The quantitative estimate of drug-likeness (QED) is 0.283. The van der Waals surface area contributed by atoms with Crippen molar-refractivity contribution in [1.82, 2.24) is 0 Å². The van der Waals surface area contributed by atoms with Crippen LogP contribution < -0.4 is 16.2 Å². The predicted molar refractivity (Wildman–Crippen MR) is 125 cm³/mol. The first kappa shape index (κ1) is 25.1. The SMILES string of the molecule is Br.Br.N=C(N)SCc1ccccc1Oc1ccc(Cl)cc1CSC(=N)N. The summed E-state index contributed by atoms with van der Waals surface area (Å²) in [5, 5.41) is 15.4. The molecule has 2 aromatic carbocycles. The van der Waals surface area contributed by atoms with Gasteiger partial charge in [-0.1, -0.05) is 53.3 Å². The molecule has 0 aliphatic rings. The van der Waals surface area contributed by atoms with E-state index >= 15 is 0 Å². The van der Waals surface area contributed by atoms with Crippen LogP contribution in [0, 0.1) is 10.8 Å². The van der Waals surface area contributed by atoms with Gasteiger partial charge in [0.2, 0.25) is 0 Å². The smallest absolute Gasteiger partial charge is 0.151 e. The van der Waals surface area contributed by atoms with E-state index in [9.17, 15) is 0 Å². The summed E-state index contributed by atoms with van der Waals surface area (Å²) in [6.07, 6.45) is 0. The van der Waals surface area contributed by atoms with E-state index < -0.39 is 0 Å². The molecule has 0 spiro atoms. The molecule has 0 saturated heterocycles. The average molecular weight is 543 g/mol. The fraction of sp³-hybridized carbons (Fsp3) is 0.125. The van der Waals surface area contributed by atoms with E-state index in [4.69, 9.17) is 38.6 Å². The zero-order chi connectivity index (χ0) is 17.5. The first-order chi connectivity index (χ1) is 11.5. The molecule has 10 heteroatoms. The number of rotatable bonds is 6. The Labute approximate surface area is 187 Å². The fourth-order valence-electron chi connectivity index (χ4n) is 1.91. The van der Waals surface area contributed by atoms with Crippen molar-refractivity contribution in [3.8, 4) is 11.5 Å². The van der Waals surface area contributed by atoms with Crippen LogP contribution in [-0.4, -0.2) is 10.3 Å². The summed E-state index contributed by atoms with van der Waals surface area (Å²) >= 11 is 8.51. The summed E-state index contributed by atoms with van der Waals surface area (Å²) in [5.74, 6) is 2.41. The molecule has 0 aromatic heterocycles. The number of para-hydroxylation sites is 1. The van der Waals surface area contributed by atoms with Crippen LogP contribution in [0.1, 0.15) is 11.1 Å². The third kappa shape index (κ3) is 8.22. The Bertz CT molecular complexity index is 765. The molecule has 0 radical (unpaired) electrons. The normalized spacial score (nSPS) is 9.58. The predicted octanol–water partition coefficient (Wildman–Crippen LogP) is 5.54. The minimum atomic E-state index is 0. The van der Waals surface area contributed by atoms with Crippen molar-refractivity contribution in [2.45, 2.75) is 11.5 Å². The molecule has 142 valence electrons. The molecule has 0 saturated carbocycles. The van der Waals surface area contributed by atoms with Gasteiger partial charge in [-0.25, -0.2) is 0 Å². The molecule has 0 fully saturated rings. The Morgan fingerprint density at radius 1 is 0.885 bits per heavy atom. The Morgan fingerprint density at radius 3 is 2.04 bits per heavy atom. The van der Waals surface area contributed by atoms with Gasteiger partial charge in [-0.15, -0.1) is 34.0 Å². The van der Waals surface area contributed by atoms with Gasteiger partial charge in [0, 0.05) is 27.7 Å². The van der Waals surface area contributed by atoms with Gasteiger partial charge >= 0.3 is 0 Å². The van der Waals surface area contributed by atoms with Crippen LogP contribution in [0.3, 0.4) is 0 Å². The second-order valence-electron chi connectivity index (χ2n) is 4.77. The number of hydrogen-bond acceptors (Lipinski definition) is 5. The molecule has 6 N–H and O–H groups in total. The number of benzene rings is 2. The van der Waals surface area contributed by atoms with Crippen LogP contribution in [0.5, 0.6) is 11.5 Å². The van der Waals surface area contributed by atoms with Crippen molar-refractivity contribution < 1.29 is 4.74 Å². The van der Waals surface area contributed by atoms with Crippen LogP contribution in [0.25, 0.3) is 0 Å². The van der Waals surface area contributed by atoms with Crippen LogP contribution in [-0.2, 0) is 11.5 Å². The zero-order valence-corrected chi connectivity index (χ0v) is 19.3. The number of thioether (sulfide) groups is 2. The molecule has 0 bridgehead atoms. The number of ether oxygens (including phenoxy) is 1. The minimum Gasteiger partial charge on any atom is -0.457 e. The number of amidine groups is 2. The monoisotopic (exact) mass is 540 g/mol. The van der Waals surface area contributed by atoms with Crippen molar-refractivity contribution in [2.75, 3.05) is 0 Å². The third-order valence-corrected chi connectivity index (χ3v) is 4.75. The summed E-state index contributed by atoms with van der Waals surface area (Å²) in [6.45, 7) is 0. The molecule has 2 aromatic rings. The average Bonchev–Trinajstić information content (AvgIpc) is 2.54. The van der Waals surface area contributed by atoms with Crippen LogP contribution in [0.4, 0.5) is 0 Å². The highest BCUT2D eigenvalue weighted by Gasteiger charge is 2.10. The molecule has 5 nitrogen and oxygen atoms in total. The number of nitrogens with two attached hydrogens (primary N) is 2. The van der Waals surface area contributed by atoms with E-state index in [2.05, 4.69) is 0 Å². The second kappa shape index (κ2) is 12.5. The maximum atomic E-state index is 7.35. The molecule has 0 atom stereocenters. The summed E-state index contributed by atoms with van der Waals surface area (Å²) in [4.78, 5) is 0. The molecule has 0 heterocycles. The highest BCUT2D eigenvalue weighted by atomic mass is 79.9. The molecular weight excluding hydrogens is 524 g/mol. The number of hydrogen-bond donors (Lipinski definition) is 4. The van der Waals surface area contributed by atoms with E-state index in [1.807, 2.05) is 24.3 Å². The Balaban J connectivity index is 0.00000312. The van der Waals surface area contributed by atoms with Crippen molar-refractivity contribution in [2.24, 2.45) is 11.5 Å². The van der Waals surface area contributed by atoms with Gasteiger partial charge in [-0.3, -0.25) is 10.8 Å². The van der Waals surface area contributed by atoms with Crippen LogP contribution in [0.15, 0.2) is 42.5 Å². The number of nitrogens with one attached hydrogen (secondary N) is 2. The lowest BCUT2D eigenvalue weighted by Gasteiger charge is -2.14. The van der Waals surface area contributed by atoms with E-state index in [0.29, 0.717) is 28.0 Å². The first-order valence-corrected chi connectivity index (χ1v) is 9.28. The van der Waals surface area contributed by atoms with Crippen LogP contribution in [0.2, 0.25) is 5.02 Å². The van der Waals surface area contributed by atoms with E-state index in [1.54, 1.807) is 18.2 Å². The van der Waals surface area contributed by atoms with E-state index in [-0.39, 0.29) is 44.3 Å². The van der Waals surface area contributed by atoms with Gasteiger partial charge in [0.1, 0.15) is 11.5 Å². The van der Waals surface area contributed by atoms with Crippen molar-refractivity contribution in [3.05, 3.63) is 58.6 Å². The van der Waals surface area contributed by atoms with Crippen molar-refractivity contribution >= 4 is 79.4 Å². The van der Waals surface area contributed by atoms with Crippen molar-refractivity contribution in [1.29, 1.82) is 10.8 Å². The first-order valence-electron chi connectivity index (χ1n) is 6.93. The fourth-order valence-corrected chi connectivity index (χ4v) is 3.19. The Kier molecular flexibility index (Phi) is 12.1. The van der Waals surface area contributed by atoms with Gasteiger partial charge in [-0.05, 0) is 24.3 Å². The lowest BCUT2D eigenvalue weighted by Crippen LogP contribution is -2.05. The van der Waals surface area contributed by atoms with Gasteiger partial charge in [0.25, 0.3) is 0 Å². The standard InChI is InChI=1S/C16H17ClN4OS2.2BrH/c17-12-5-6-14(11(7-12)9-24-16(20)21)22-13-4-2-1-3-10(13)8-23-15(18)19;;/h1-7H,8-9H2,(H3,18,19)(H3,20,21);2*1H. The Morgan fingerprint density at radius 2 is 1.42 bits per heavy atom.